The second-order valence-corrected chi connectivity index (χ2v) is 5.61. The van der Waals surface area contributed by atoms with Crippen molar-refractivity contribution in [3.63, 3.8) is 0 Å². The highest BCUT2D eigenvalue weighted by atomic mass is 16.5. The van der Waals surface area contributed by atoms with E-state index < -0.39 is 0 Å². The fraction of sp³-hybridized carbons (Fsp3) is 0.846. The standard InChI is InChI=1S/C13H22N4O/c1-3-11-15-12(18-16-11)10(2)17-8-6-13(9-17)5-4-7-14-13/h10,14H,3-9H2,1-2H3. The molecule has 0 amide bonds. The summed E-state index contributed by atoms with van der Waals surface area (Å²) in [4.78, 5) is 6.91. The van der Waals surface area contributed by atoms with E-state index in [0.29, 0.717) is 5.54 Å². The van der Waals surface area contributed by atoms with Gasteiger partial charge in [0.2, 0.25) is 5.89 Å². The molecular formula is C13H22N4O. The summed E-state index contributed by atoms with van der Waals surface area (Å²) in [5.41, 5.74) is 0.363. The van der Waals surface area contributed by atoms with E-state index in [9.17, 15) is 0 Å². The number of aromatic nitrogens is 2. The largest absolute Gasteiger partial charge is 0.338 e. The van der Waals surface area contributed by atoms with Crippen LogP contribution in [0.15, 0.2) is 4.52 Å². The first-order valence-electron chi connectivity index (χ1n) is 7.04. The smallest absolute Gasteiger partial charge is 0.243 e. The molecule has 2 atom stereocenters. The van der Waals surface area contributed by atoms with Crippen molar-refractivity contribution < 1.29 is 4.52 Å². The van der Waals surface area contributed by atoms with Crippen LogP contribution >= 0.6 is 0 Å². The number of hydrogen-bond donors (Lipinski definition) is 1. The van der Waals surface area contributed by atoms with E-state index >= 15 is 0 Å². The topological polar surface area (TPSA) is 54.2 Å². The van der Waals surface area contributed by atoms with Gasteiger partial charge in [-0.1, -0.05) is 12.1 Å². The normalized spacial score (nSPS) is 30.3. The second-order valence-electron chi connectivity index (χ2n) is 5.61. The predicted octanol–water partition coefficient (Wildman–Crippen LogP) is 1.52. The zero-order valence-corrected chi connectivity index (χ0v) is 11.3. The summed E-state index contributed by atoms with van der Waals surface area (Å²) in [6.07, 6.45) is 4.69. The molecule has 1 aromatic rings. The third-order valence-corrected chi connectivity index (χ3v) is 4.42. The lowest BCUT2D eigenvalue weighted by Gasteiger charge is -2.26. The summed E-state index contributed by atoms with van der Waals surface area (Å²) in [6, 6.07) is 0.236. The van der Waals surface area contributed by atoms with Crippen LogP contribution in [-0.4, -0.2) is 40.2 Å². The minimum atomic E-state index is 0.236. The van der Waals surface area contributed by atoms with Gasteiger partial charge in [0, 0.05) is 25.0 Å². The molecule has 2 aliphatic rings. The van der Waals surface area contributed by atoms with Gasteiger partial charge in [-0.3, -0.25) is 4.90 Å². The van der Waals surface area contributed by atoms with Gasteiger partial charge in [-0.05, 0) is 32.7 Å². The van der Waals surface area contributed by atoms with Gasteiger partial charge in [0.15, 0.2) is 5.82 Å². The summed E-state index contributed by atoms with van der Waals surface area (Å²) >= 11 is 0. The number of nitrogens with zero attached hydrogens (tertiary/aromatic N) is 3. The minimum Gasteiger partial charge on any atom is -0.338 e. The Morgan fingerprint density at radius 3 is 3.06 bits per heavy atom. The molecule has 2 saturated heterocycles. The van der Waals surface area contributed by atoms with Crippen LogP contribution < -0.4 is 5.32 Å². The molecule has 3 heterocycles. The van der Waals surface area contributed by atoms with Crippen molar-refractivity contribution in [1.82, 2.24) is 20.4 Å². The molecule has 0 saturated carbocycles. The van der Waals surface area contributed by atoms with E-state index in [1.807, 2.05) is 6.92 Å². The van der Waals surface area contributed by atoms with E-state index in [-0.39, 0.29) is 6.04 Å². The van der Waals surface area contributed by atoms with Crippen LogP contribution in [-0.2, 0) is 6.42 Å². The molecule has 0 radical (unpaired) electrons. The van der Waals surface area contributed by atoms with E-state index in [4.69, 9.17) is 4.52 Å². The zero-order valence-electron chi connectivity index (χ0n) is 11.3. The van der Waals surface area contributed by atoms with Crippen LogP contribution in [0.3, 0.4) is 0 Å². The van der Waals surface area contributed by atoms with Crippen LogP contribution in [0.4, 0.5) is 0 Å². The lowest BCUT2D eigenvalue weighted by molar-refractivity contribution is 0.195. The molecule has 5 nitrogen and oxygen atoms in total. The van der Waals surface area contributed by atoms with Crippen LogP contribution in [0.25, 0.3) is 0 Å². The van der Waals surface area contributed by atoms with Gasteiger partial charge in [-0.25, -0.2) is 0 Å². The third-order valence-electron chi connectivity index (χ3n) is 4.42. The van der Waals surface area contributed by atoms with Gasteiger partial charge in [-0.15, -0.1) is 0 Å². The molecule has 0 bridgehead atoms. The minimum absolute atomic E-state index is 0.236. The molecule has 2 aliphatic heterocycles. The molecule has 2 unspecified atom stereocenters. The number of likely N-dealkylation sites (tertiary alicyclic amines) is 1. The average Bonchev–Trinajstić information content (AvgIpc) is 3.11. The van der Waals surface area contributed by atoms with Crippen LogP contribution in [0.2, 0.25) is 0 Å². The fourth-order valence-corrected chi connectivity index (χ4v) is 3.19. The molecule has 5 heteroatoms. The maximum absolute atomic E-state index is 5.36. The predicted molar refractivity (Wildman–Crippen MR) is 68.2 cm³/mol. The van der Waals surface area contributed by atoms with Crippen molar-refractivity contribution in [2.75, 3.05) is 19.6 Å². The van der Waals surface area contributed by atoms with Gasteiger partial charge in [0.05, 0.1) is 6.04 Å². The highest BCUT2D eigenvalue weighted by molar-refractivity contribution is 5.03. The first-order valence-corrected chi connectivity index (χ1v) is 7.04. The second kappa shape index (κ2) is 4.63. The maximum Gasteiger partial charge on any atom is 0.243 e. The summed E-state index contributed by atoms with van der Waals surface area (Å²) in [5, 5.41) is 7.66. The Morgan fingerprint density at radius 1 is 1.50 bits per heavy atom. The van der Waals surface area contributed by atoms with Crippen molar-refractivity contribution in [1.29, 1.82) is 0 Å². The summed E-state index contributed by atoms with van der Waals surface area (Å²) in [5.74, 6) is 1.58. The fourth-order valence-electron chi connectivity index (χ4n) is 3.19. The molecule has 3 rings (SSSR count). The number of aryl methyl sites for hydroxylation is 1. The van der Waals surface area contributed by atoms with Gasteiger partial charge < -0.3 is 9.84 Å². The first kappa shape index (κ1) is 12.1. The molecule has 0 aliphatic carbocycles. The van der Waals surface area contributed by atoms with Gasteiger partial charge >= 0.3 is 0 Å². The summed E-state index contributed by atoms with van der Waals surface area (Å²) in [6.45, 7) is 7.62. The summed E-state index contributed by atoms with van der Waals surface area (Å²) < 4.78 is 5.36. The van der Waals surface area contributed by atoms with Crippen LogP contribution in [0, 0.1) is 0 Å². The van der Waals surface area contributed by atoms with Crippen molar-refractivity contribution in [3.05, 3.63) is 11.7 Å². The van der Waals surface area contributed by atoms with Crippen molar-refractivity contribution in [2.45, 2.75) is 51.1 Å². The number of nitrogens with one attached hydrogen (secondary N) is 1. The molecule has 1 N–H and O–H groups in total. The van der Waals surface area contributed by atoms with Gasteiger partial charge in [0.1, 0.15) is 0 Å². The maximum atomic E-state index is 5.36. The van der Waals surface area contributed by atoms with Gasteiger partial charge in [-0.2, -0.15) is 4.98 Å². The molecule has 2 fully saturated rings. The number of hydrogen-bond acceptors (Lipinski definition) is 5. The van der Waals surface area contributed by atoms with E-state index in [0.717, 1.165) is 31.2 Å². The highest BCUT2D eigenvalue weighted by Crippen LogP contribution is 2.34. The Balaban J connectivity index is 1.68. The van der Waals surface area contributed by atoms with E-state index in [1.165, 1.54) is 25.8 Å². The van der Waals surface area contributed by atoms with Crippen LogP contribution in [0.1, 0.15) is 50.9 Å². The first-order chi connectivity index (χ1) is 8.72. The Kier molecular flexibility index (Phi) is 3.11. The molecule has 1 spiro atoms. The van der Waals surface area contributed by atoms with E-state index in [1.54, 1.807) is 0 Å². The average molecular weight is 250 g/mol. The quantitative estimate of drug-likeness (QED) is 0.881. The Morgan fingerprint density at radius 2 is 2.39 bits per heavy atom. The van der Waals surface area contributed by atoms with Crippen molar-refractivity contribution in [3.8, 4) is 0 Å². The monoisotopic (exact) mass is 250 g/mol. The lowest BCUT2D eigenvalue weighted by Crippen LogP contribution is -2.42. The Labute approximate surface area is 108 Å². The molecule has 1 aromatic heterocycles. The van der Waals surface area contributed by atoms with Gasteiger partial charge in [0.25, 0.3) is 0 Å². The molecule has 100 valence electrons. The molecular weight excluding hydrogens is 228 g/mol. The Hall–Kier alpha value is -0.940. The van der Waals surface area contributed by atoms with Crippen LogP contribution in [0.5, 0.6) is 0 Å². The highest BCUT2D eigenvalue weighted by Gasteiger charge is 2.42. The molecule has 18 heavy (non-hydrogen) atoms. The third kappa shape index (κ3) is 2.06. The SMILES string of the molecule is CCc1noc(C(C)N2CCC3(CCCN3)C2)n1. The molecule has 0 aromatic carbocycles. The van der Waals surface area contributed by atoms with Crippen molar-refractivity contribution >= 4 is 0 Å². The zero-order chi connectivity index (χ0) is 12.6. The van der Waals surface area contributed by atoms with Crippen molar-refractivity contribution in [2.24, 2.45) is 0 Å². The van der Waals surface area contributed by atoms with E-state index in [2.05, 4.69) is 27.3 Å². The number of rotatable bonds is 3. The lowest BCUT2D eigenvalue weighted by atomic mass is 9.97. The Bertz CT molecular complexity index is 411. The summed E-state index contributed by atoms with van der Waals surface area (Å²) in [7, 11) is 0.